The van der Waals surface area contributed by atoms with Gasteiger partial charge in [0.15, 0.2) is 23.3 Å². The minimum Gasteiger partial charge on any atom is -0.344 e. The van der Waals surface area contributed by atoms with Crippen LogP contribution in [0.1, 0.15) is 0 Å². The lowest BCUT2D eigenvalue weighted by atomic mass is 10.00. The second-order valence-corrected chi connectivity index (χ2v) is 12.2. The predicted octanol–water partition coefficient (Wildman–Crippen LogP) is 12.6. The van der Waals surface area contributed by atoms with Gasteiger partial charge in [0.2, 0.25) is 5.82 Å². The molecule has 0 unspecified atom stereocenters. The maximum absolute atomic E-state index is 14.6. The molecule has 1 heterocycles. The Hall–Kier alpha value is -6.28. The molecule has 0 amide bonds. The van der Waals surface area contributed by atoms with E-state index < -0.39 is 40.5 Å². The Labute approximate surface area is 289 Å². The summed E-state index contributed by atoms with van der Waals surface area (Å²) < 4.78 is 86.9. The number of fused-ring (bicyclic) bond motifs is 3. The molecule has 7 aromatic carbocycles. The van der Waals surface area contributed by atoms with E-state index in [-0.39, 0.29) is 5.56 Å². The summed E-state index contributed by atoms with van der Waals surface area (Å²) in [5.74, 6) is -10.5. The average molecular weight is 685 g/mol. The van der Waals surface area contributed by atoms with E-state index >= 15 is 0 Å². The predicted molar refractivity (Wildman–Crippen MR) is 191 cm³/mol. The highest BCUT2D eigenvalue weighted by Crippen LogP contribution is 2.39. The Morgan fingerprint density at radius 3 is 1.27 bits per heavy atom. The van der Waals surface area contributed by atoms with Gasteiger partial charge >= 0.3 is 0 Å². The van der Waals surface area contributed by atoms with E-state index in [9.17, 15) is 26.3 Å². The molecule has 250 valence electrons. The van der Waals surface area contributed by atoms with Crippen molar-refractivity contribution < 1.29 is 26.3 Å². The van der Waals surface area contributed by atoms with Crippen molar-refractivity contribution in [2.75, 3.05) is 4.90 Å². The van der Waals surface area contributed by atoms with Crippen molar-refractivity contribution in [2.24, 2.45) is 7.05 Å². The van der Waals surface area contributed by atoms with Gasteiger partial charge in [-0.15, -0.1) is 0 Å². The van der Waals surface area contributed by atoms with Gasteiger partial charge < -0.3 is 9.47 Å². The topological polar surface area (TPSA) is 8.17 Å². The van der Waals surface area contributed by atoms with Crippen LogP contribution in [0.3, 0.4) is 0 Å². The zero-order valence-corrected chi connectivity index (χ0v) is 26.9. The van der Waals surface area contributed by atoms with Crippen LogP contribution in [0.25, 0.3) is 55.2 Å². The Bertz CT molecular complexity index is 2550. The van der Waals surface area contributed by atoms with Gasteiger partial charge in [-0.1, -0.05) is 66.7 Å². The number of halogens is 6. The molecule has 0 saturated carbocycles. The average Bonchev–Trinajstić information content (AvgIpc) is 3.45. The van der Waals surface area contributed by atoms with Crippen molar-refractivity contribution in [1.29, 1.82) is 0 Å². The molecule has 0 fully saturated rings. The Morgan fingerprint density at radius 1 is 0.392 bits per heavy atom. The number of benzene rings is 7. The molecule has 0 atom stereocenters. The zero-order valence-electron chi connectivity index (χ0n) is 26.9. The van der Waals surface area contributed by atoms with E-state index in [1.54, 1.807) is 17.0 Å². The molecule has 0 aliphatic heterocycles. The van der Waals surface area contributed by atoms with Gasteiger partial charge in [-0.3, -0.25) is 0 Å². The number of hydrogen-bond donors (Lipinski definition) is 0. The third-order valence-electron chi connectivity index (χ3n) is 9.28. The van der Waals surface area contributed by atoms with Gasteiger partial charge in [-0.25, -0.2) is 26.3 Å². The fourth-order valence-corrected chi connectivity index (χ4v) is 6.68. The third-order valence-corrected chi connectivity index (χ3v) is 9.28. The maximum atomic E-state index is 14.6. The molecule has 8 aromatic rings. The van der Waals surface area contributed by atoms with E-state index in [4.69, 9.17) is 0 Å². The first kappa shape index (κ1) is 32.0. The number of aryl methyl sites for hydroxylation is 1. The molecular formula is C43H26F6N2. The minimum atomic E-state index is -2.22. The molecule has 0 bridgehead atoms. The van der Waals surface area contributed by atoms with Gasteiger partial charge in [0, 0.05) is 45.9 Å². The van der Waals surface area contributed by atoms with Gasteiger partial charge in [0.05, 0.1) is 5.56 Å². The summed E-state index contributed by atoms with van der Waals surface area (Å²) in [6.07, 6.45) is 0. The lowest BCUT2D eigenvalue weighted by Crippen LogP contribution is -2.10. The normalized spacial score (nSPS) is 11.4. The highest BCUT2D eigenvalue weighted by Gasteiger charge is 2.27. The van der Waals surface area contributed by atoms with Crippen molar-refractivity contribution in [3.05, 3.63) is 174 Å². The number of hydrogen-bond acceptors (Lipinski definition) is 1. The summed E-state index contributed by atoms with van der Waals surface area (Å²) in [5.41, 5.74) is 7.03. The van der Waals surface area contributed by atoms with Crippen molar-refractivity contribution in [2.45, 2.75) is 0 Å². The molecule has 0 N–H and O–H groups in total. The second kappa shape index (κ2) is 12.6. The molecule has 0 spiro atoms. The lowest BCUT2D eigenvalue weighted by Gasteiger charge is -2.26. The maximum Gasteiger partial charge on any atom is 0.200 e. The largest absolute Gasteiger partial charge is 0.344 e. The first-order valence-electron chi connectivity index (χ1n) is 16.0. The summed E-state index contributed by atoms with van der Waals surface area (Å²) >= 11 is 0. The fraction of sp³-hybridized carbons (Fsp3) is 0.0233. The Morgan fingerprint density at radius 2 is 0.784 bits per heavy atom. The van der Waals surface area contributed by atoms with Crippen LogP contribution >= 0.6 is 0 Å². The molecule has 1 aromatic heterocycles. The van der Waals surface area contributed by atoms with Crippen LogP contribution in [0.2, 0.25) is 0 Å². The van der Waals surface area contributed by atoms with Crippen LogP contribution in [0, 0.1) is 34.9 Å². The van der Waals surface area contributed by atoms with E-state index in [1.165, 1.54) is 36.4 Å². The van der Waals surface area contributed by atoms with Crippen molar-refractivity contribution in [3.8, 4) is 33.4 Å². The summed E-state index contributed by atoms with van der Waals surface area (Å²) in [6.45, 7) is 0. The summed E-state index contributed by atoms with van der Waals surface area (Å²) in [6, 6.07) is 42.2. The minimum absolute atomic E-state index is 0.194. The molecule has 0 radical (unpaired) electrons. The quantitative estimate of drug-likeness (QED) is 0.0962. The number of anilines is 3. The van der Waals surface area contributed by atoms with E-state index in [2.05, 4.69) is 60.1 Å². The van der Waals surface area contributed by atoms with E-state index in [0.29, 0.717) is 17.1 Å². The van der Waals surface area contributed by atoms with Crippen LogP contribution in [0.15, 0.2) is 140 Å². The Kier molecular flexibility index (Phi) is 7.87. The first-order valence-corrected chi connectivity index (χ1v) is 16.0. The van der Waals surface area contributed by atoms with Crippen LogP contribution < -0.4 is 4.90 Å². The molecule has 0 saturated heterocycles. The number of rotatable bonds is 6. The van der Waals surface area contributed by atoms with Crippen molar-refractivity contribution in [1.82, 2.24) is 4.57 Å². The molecule has 51 heavy (non-hydrogen) atoms. The molecular weight excluding hydrogens is 658 g/mol. The molecule has 0 aliphatic rings. The molecule has 2 nitrogen and oxygen atoms in total. The van der Waals surface area contributed by atoms with Crippen LogP contribution in [0.4, 0.5) is 43.4 Å². The summed E-state index contributed by atoms with van der Waals surface area (Å²) in [5, 5.41) is 2.26. The third kappa shape index (κ3) is 5.49. The standard InChI is InChI=1S/C43H26F6N2/c1-50-36-21-11-28(25-5-3-2-4-6-25)23-34(36)35-24-29(12-22-37(35)50)26-7-15-31(16-8-26)51(33-19-13-30(44)14-20-33)32-17-9-27(10-18-32)38-39(45)41(47)43(49)42(48)40(38)46/h2-24H,1H3. The number of aromatic nitrogens is 1. The van der Waals surface area contributed by atoms with Crippen molar-refractivity contribution in [3.63, 3.8) is 0 Å². The summed E-state index contributed by atoms with van der Waals surface area (Å²) in [7, 11) is 2.06. The Balaban J connectivity index is 1.17. The zero-order chi connectivity index (χ0) is 35.4. The SMILES string of the molecule is Cn1c2ccc(-c3ccccc3)cc2c2cc(-c3ccc(N(c4ccc(F)cc4)c4ccc(-c5c(F)c(F)c(F)c(F)c5F)cc4)cc3)ccc21. The van der Waals surface area contributed by atoms with Gasteiger partial charge in [0.25, 0.3) is 0 Å². The smallest absolute Gasteiger partial charge is 0.200 e. The second-order valence-electron chi connectivity index (χ2n) is 12.2. The molecule has 8 rings (SSSR count). The van der Waals surface area contributed by atoms with Crippen LogP contribution in [-0.4, -0.2) is 4.57 Å². The first-order chi connectivity index (χ1) is 24.7. The lowest BCUT2D eigenvalue weighted by molar-refractivity contribution is 0.381. The van der Waals surface area contributed by atoms with Gasteiger partial charge in [-0.05, 0) is 101 Å². The van der Waals surface area contributed by atoms with Crippen LogP contribution in [0.5, 0.6) is 0 Å². The van der Waals surface area contributed by atoms with Crippen molar-refractivity contribution >= 4 is 38.9 Å². The van der Waals surface area contributed by atoms with E-state index in [1.807, 2.05) is 42.5 Å². The van der Waals surface area contributed by atoms with Gasteiger partial charge in [0.1, 0.15) is 5.82 Å². The molecule has 8 heteroatoms. The van der Waals surface area contributed by atoms with E-state index in [0.717, 1.165) is 44.1 Å². The van der Waals surface area contributed by atoms with Crippen LogP contribution in [-0.2, 0) is 7.05 Å². The fourth-order valence-electron chi connectivity index (χ4n) is 6.68. The monoisotopic (exact) mass is 684 g/mol. The highest BCUT2D eigenvalue weighted by molar-refractivity contribution is 6.10. The molecule has 0 aliphatic carbocycles. The van der Waals surface area contributed by atoms with Gasteiger partial charge in [-0.2, -0.15) is 0 Å². The number of nitrogens with zero attached hydrogens (tertiary/aromatic N) is 2. The highest BCUT2D eigenvalue weighted by atomic mass is 19.2. The summed E-state index contributed by atoms with van der Waals surface area (Å²) in [4.78, 5) is 1.80.